The molecule has 2 atom stereocenters. The Kier molecular flexibility index (Phi) is 5.80. The van der Waals surface area contributed by atoms with E-state index in [1.54, 1.807) is 60.9 Å². The monoisotopic (exact) mass is 494 g/mol. The van der Waals surface area contributed by atoms with Crippen LogP contribution >= 0.6 is 23.2 Å². The Morgan fingerprint density at radius 2 is 1.85 bits per heavy atom. The van der Waals surface area contributed by atoms with Gasteiger partial charge in [0.2, 0.25) is 0 Å². The van der Waals surface area contributed by atoms with Crippen LogP contribution in [-0.2, 0) is 22.6 Å². The average molecular weight is 495 g/mol. The summed E-state index contributed by atoms with van der Waals surface area (Å²) in [6.07, 6.45) is 3.97. The number of aliphatic hydroxyl groups excluding tert-OH is 1. The van der Waals surface area contributed by atoms with Gasteiger partial charge < -0.3 is 14.7 Å². The molecule has 1 aromatic heterocycles. The van der Waals surface area contributed by atoms with Crippen molar-refractivity contribution in [3.63, 3.8) is 0 Å². The fourth-order valence-electron chi connectivity index (χ4n) is 4.48. The Bertz CT molecular complexity index is 1340. The fourth-order valence-corrected chi connectivity index (χ4v) is 4.79. The van der Waals surface area contributed by atoms with E-state index in [-0.39, 0.29) is 29.0 Å². The van der Waals surface area contributed by atoms with E-state index in [4.69, 9.17) is 27.9 Å². The number of aliphatic hydroxyl groups is 1. The highest BCUT2D eigenvalue weighted by molar-refractivity contribution is 6.46. The van der Waals surface area contributed by atoms with Crippen molar-refractivity contribution in [2.24, 2.45) is 0 Å². The number of amides is 1. The SMILES string of the molecule is CC1Cc2cc(C(O)=C3C(=O)C(=O)N(Cc4ccncc4)C3c3ccc(Cl)c(Cl)c3)ccc2O1. The van der Waals surface area contributed by atoms with Crippen molar-refractivity contribution in [2.75, 3.05) is 0 Å². The molecule has 2 aromatic carbocycles. The molecule has 1 N–H and O–H groups in total. The van der Waals surface area contributed by atoms with Gasteiger partial charge in [0, 0.05) is 30.9 Å². The lowest BCUT2D eigenvalue weighted by atomic mass is 9.94. The molecular weight excluding hydrogens is 475 g/mol. The molecule has 0 radical (unpaired) electrons. The van der Waals surface area contributed by atoms with Gasteiger partial charge in [-0.25, -0.2) is 0 Å². The van der Waals surface area contributed by atoms with Gasteiger partial charge in [-0.1, -0.05) is 29.3 Å². The van der Waals surface area contributed by atoms with E-state index in [0.29, 0.717) is 22.6 Å². The summed E-state index contributed by atoms with van der Waals surface area (Å²) in [5.41, 5.74) is 2.76. The molecule has 0 bridgehead atoms. The number of ketones is 1. The average Bonchev–Trinajstić information content (AvgIpc) is 3.32. The third-order valence-corrected chi connectivity index (χ3v) is 6.81. The van der Waals surface area contributed by atoms with Crippen LogP contribution in [0.15, 0.2) is 66.5 Å². The second kappa shape index (κ2) is 8.78. The Morgan fingerprint density at radius 1 is 1.09 bits per heavy atom. The van der Waals surface area contributed by atoms with Crippen molar-refractivity contribution >= 4 is 40.7 Å². The minimum atomic E-state index is -0.841. The second-order valence-corrected chi connectivity index (χ2v) is 9.23. The summed E-state index contributed by atoms with van der Waals surface area (Å²) in [6.45, 7) is 2.12. The molecule has 1 amide bonds. The number of hydrogen-bond acceptors (Lipinski definition) is 5. The molecule has 6 nitrogen and oxygen atoms in total. The zero-order valence-corrected chi connectivity index (χ0v) is 19.7. The van der Waals surface area contributed by atoms with Crippen molar-refractivity contribution < 1.29 is 19.4 Å². The van der Waals surface area contributed by atoms with E-state index < -0.39 is 17.7 Å². The molecule has 1 fully saturated rings. The molecule has 34 heavy (non-hydrogen) atoms. The highest BCUT2D eigenvalue weighted by atomic mass is 35.5. The highest BCUT2D eigenvalue weighted by Gasteiger charge is 2.46. The molecule has 2 aliphatic rings. The number of rotatable bonds is 4. The van der Waals surface area contributed by atoms with Crippen LogP contribution in [0.1, 0.15) is 35.2 Å². The third-order valence-electron chi connectivity index (χ3n) is 6.07. The van der Waals surface area contributed by atoms with E-state index in [1.165, 1.54) is 4.90 Å². The molecule has 0 aliphatic carbocycles. The Morgan fingerprint density at radius 3 is 2.59 bits per heavy atom. The Labute approximate surface area is 206 Å². The van der Waals surface area contributed by atoms with Gasteiger partial charge in [-0.15, -0.1) is 0 Å². The topological polar surface area (TPSA) is 79.7 Å². The summed E-state index contributed by atoms with van der Waals surface area (Å²) < 4.78 is 5.74. The summed E-state index contributed by atoms with van der Waals surface area (Å²) in [5.74, 6) is -0.947. The maximum atomic E-state index is 13.2. The molecule has 5 rings (SSSR count). The van der Waals surface area contributed by atoms with Crippen LogP contribution < -0.4 is 4.74 Å². The molecule has 2 aliphatic heterocycles. The number of hydrogen-bond donors (Lipinski definition) is 1. The number of nitrogens with zero attached hydrogens (tertiary/aromatic N) is 2. The number of benzene rings is 2. The van der Waals surface area contributed by atoms with Gasteiger partial charge in [-0.2, -0.15) is 0 Å². The van der Waals surface area contributed by atoms with E-state index in [9.17, 15) is 14.7 Å². The summed E-state index contributed by atoms with van der Waals surface area (Å²) in [4.78, 5) is 31.8. The lowest BCUT2D eigenvalue weighted by Gasteiger charge is -2.25. The highest BCUT2D eigenvalue weighted by Crippen LogP contribution is 2.42. The van der Waals surface area contributed by atoms with Crippen molar-refractivity contribution in [1.29, 1.82) is 0 Å². The van der Waals surface area contributed by atoms with Crippen LogP contribution in [0.5, 0.6) is 5.75 Å². The van der Waals surface area contributed by atoms with Crippen LogP contribution in [0, 0.1) is 0 Å². The molecular formula is C26H20Cl2N2O4. The minimum Gasteiger partial charge on any atom is -0.507 e. The normalized spacial score (nSPS) is 21.0. The summed E-state index contributed by atoms with van der Waals surface area (Å²) in [7, 11) is 0. The predicted octanol–water partition coefficient (Wildman–Crippen LogP) is 5.33. The number of Topliss-reactive ketones (excluding diaryl/α,β-unsaturated/α-hetero) is 1. The summed E-state index contributed by atoms with van der Waals surface area (Å²) >= 11 is 12.4. The Balaban J connectivity index is 1.65. The summed E-state index contributed by atoms with van der Waals surface area (Å²) in [6, 6.07) is 12.9. The molecule has 2 unspecified atom stereocenters. The lowest BCUT2D eigenvalue weighted by molar-refractivity contribution is -0.140. The maximum Gasteiger partial charge on any atom is 0.295 e. The smallest absolute Gasteiger partial charge is 0.295 e. The first-order chi connectivity index (χ1) is 16.3. The number of carbonyl (C=O) groups excluding carboxylic acids is 2. The van der Waals surface area contributed by atoms with Gasteiger partial charge in [0.25, 0.3) is 11.7 Å². The van der Waals surface area contributed by atoms with Crippen molar-refractivity contribution in [1.82, 2.24) is 9.88 Å². The number of carbonyl (C=O) groups is 2. The first kappa shape index (κ1) is 22.4. The molecule has 172 valence electrons. The molecule has 0 saturated carbocycles. The van der Waals surface area contributed by atoms with E-state index in [2.05, 4.69) is 4.98 Å². The zero-order chi connectivity index (χ0) is 24.0. The lowest BCUT2D eigenvalue weighted by Crippen LogP contribution is -2.29. The van der Waals surface area contributed by atoms with Gasteiger partial charge >= 0.3 is 0 Å². The molecule has 3 heterocycles. The van der Waals surface area contributed by atoms with Gasteiger partial charge in [0.1, 0.15) is 17.6 Å². The number of aromatic nitrogens is 1. The van der Waals surface area contributed by atoms with Crippen LogP contribution in [0.4, 0.5) is 0 Å². The first-order valence-corrected chi connectivity index (χ1v) is 11.5. The fraction of sp³-hybridized carbons (Fsp3) is 0.192. The van der Waals surface area contributed by atoms with Crippen LogP contribution in [0.25, 0.3) is 5.76 Å². The van der Waals surface area contributed by atoms with E-state index in [0.717, 1.165) is 16.9 Å². The van der Waals surface area contributed by atoms with Crippen molar-refractivity contribution in [3.8, 4) is 5.75 Å². The quantitative estimate of drug-likeness (QED) is 0.301. The number of likely N-dealkylation sites (tertiary alicyclic amines) is 1. The predicted molar refractivity (Wildman–Crippen MR) is 129 cm³/mol. The number of fused-ring (bicyclic) bond motifs is 1. The second-order valence-electron chi connectivity index (χ2n) is 8.41. The minimum absolute atomic E-state index is 0.00404. The van der Waals surface area contributed by atoms with Gasteiger partial charge in [0.15, 0.2) is 0 Å². The van der Waals surface area contributed by atoms with Gasteiger partial charge in [-0.3, -0.25) is 14.6 Å². The van der Waals surface area contributed by atoms with Gasteiger partial charge in [-0.05, 0) is 66.1 Å². The summed E-state index contributed by atoms with van der Waals surface area (Å²) in [5, 5.41) is 12.0. The molecule has 0 spiro atoms. The van der Waals surface area contributed by atoms with E-state index >= 15 is 0 Å². The first-order valence-electron chi connectivity index (χ1n) is 10.8. The zero-order valence-electron chi connectivity index (χ0n) is 18.2. The van der Waals surface area contributed by atoms with Gasteiger partial charge in [0.05, 0.1) is 21.7 Å². The number of halogens is 2. The van der Waals surface area contributed by atoms with E-state index in [1.807, 2.05) is 6.92 Å². The van der Waals surface area contributed by atoms with Crippen LogP contribution in [0.3, 0.4) is 0 Å². The maximum absolute atomic E-state index is 13.2. The Hall–Kier alpha value is -3.35. The van der Waals surface area contributed by atoms with Crippen molar-refractivity contribution in [2.45, 2.75) is 32.0 Å². The standard InChI is InChI=1S/C26H20Cl2N2O4/c1-14-10-18-11-17(3-5-21(18)34-14)24(31)22-23(16-2-4-19(27)20(28)12-16)30(26(33)25(22)32)13-15-6-8-29-9-7-15/h2-9,11-12,14,23,31H,10,13H2,1H3. The number of pyridine rings is 1. The molecule has 1 saturated heterocycles. The largest absolute Gasteiger partial charge is 0.507 e. The molecule has 8 heteroatoms. The van der Waals surface area contributed by atoms with Crippen LogP contribution in [0.2, 0.25) is 10.0 Å². The number of ether oxygens (including phenoxy) is 1. The van der Waals surface area contributed by atoms with Crippen molar-refractivity contribution in [3.05, 3.63) is 98.8 Å². The van der Waals surface area contributed by atoms with Crippen LogP contribution in [-0.4, -0.2) is 32.8 Å². The molecule has 3 aromatic rings. The third kappa shape index (κ3) is 3.93.